The monoisotopic (exact) mass is 256 g/mol. The molecule has 0 aromatic heterocycles. The normalized spacial score (nSPS) is 12.3. The summed E-state index contributed by atoms with van der Waals surface area (Å²) in [6.07, 6.45) is 0.875. The highest BCUT2D eigenvalue weighted by atomic mass is 19.1. The molecule has 1 atom stereocenters. The maximum Gasteiger partial charge on any atom is 0.238 e. The van der Waals surface area contributed by atoms with Crippen LogP contribution in [0.25, 0.3) is 0 Å². The first-order valence-corrected chi connectivity index (χ1v) is 5.93. The molecule has 2 N–H and O–H groups in total. The number of carbonyl (C=O) groups excluding carboxylic acids is 1. The van der Waals surface area contributed by atoms with Gasteiger partial charge in [0.2, 0.25) is 5.91 Å². The molecule has 0 saturated carbocycles. The molecule has 0 fully saturated rings. The third-order valence-electron chi connectivity index (χ3n) is 2.77. The van der Waals surface area contributed by atoms with Gasteiger partial charge in [-0.2, -0.15) is 0 Å². The van der Waals surface area contributed by atoms with Crippen LogP contribution in [0.15, 0.2) is 12.1 Å². The Morgan fingerprint density at radius 2 is 2.06 bits per heavy atom. The number of hydrogen-bond donors (Lipinski definition) is 2. The Morgan fingerprint density at radius 1 is 1.39 bits per heavy atom. The molecule has 0 radical (unpaired) electrons. The van der Waals surface area contributed by atoms with E-state index in [1.807, 2.05) is 13.8 Å². The number of nitrogens with one attached hydrogen (secondary N) is 2. The number of hydrogen-bond acceptors (Lipinski definition) is 2. The minimum atomic E-state index is -0.769. The number of halogens is 2. The second-order valence-corrected chi connectivity index (χ2v) is 4.29. The van der Waals surface area contributed by atoms with Crippen LogP contribution in [0, 0.1) is 18.6 Å². The van der Waals surface area contributed by atoms with E-state index in [9.17, 15) is 13.6 Å². The van der Waals surface area contributed by atoms with Gasteiger partial charge in [-0.15, -0.1) is 0 Å². The van der Waals surface area contributed by atoms with Crippen molar-refractivity contribution in [3.63, 3.8) is 0 Å². The van der Waals surface area contributed by atoms with E-state index in [2.05, 4.69) is 10.6 Å². The molecule has 0 saturated heterocycles. The van der Waals surface area contributed by atoms with Crippen molar-refractivity contribution in [2.75, 3.05) is 11.9 Å². The third-order valence-corrected chi connectivity index (χ3v) is 2.77. The van der Waals surface area contributed by atoms with Gasteiger partial charge in [0.1, 0.15) is 11.5 Å². The Balaban J connectivity index is 2.68. The molecule has 0 aliphatic carbocycles. The van der Waals surface area contributed by atoms with Crippen LogP contribution in [-0.4, -0.2) is 18.5 Å². The fourth-order valence-electron chi connectivity index (χ4n) is 1.37. The fraction of sp³-hybridized carbons (Fsp3) is 0.462. The average molecular weight is 256 g/mol. The molecule has 0 aliphatic rings. The van der Waals surface area contributed by atoms with Crippen LogP contribution < -0.4 is 10.6 Å². The van der Waals surface area contributed by atoms with Crippen LogP contribution in [0.4, 0.5) is 14.5 Å². The van der Waals surface area contributed by atoms with Crippen LogP contribution >= 0.6 is 0 Å². The summed E-state index contributed by atoms with van der Waals surface area (Å²) in [5, 5.41) is 5.20. The van der Waals surface area contributed by atoms with E-state index in [1.54, 1.807) is 0 Å². The third kappa shape index (κ3) is 3.77. The Labute approximate surface area is 106 Å². The predicted molar refractivity (Wildman–Crippen MR) is 67.5 cm³/mol. The first kappa shape index (κ1) is 14.6. The van der Waals surface area contributed by atoms with E-state index in [0.717, 1.165) is 12.5 Å². The van der Waals surface area contributed by atoms with Gasteiger partial charge in [-0.1, -0.05) is 13.0 Å². The van der Waals surface area contributed by atoms with Gasteiger partial charge in [-0.3, -0.25) is 4.79 Å². The van der Waals surface area contributed by atoms with Crippen molar-refractivity contribution in [2.45, 2.75) is 33.2 Å². The Hall–Kier alpha value is -1.49. The summed E-state index contributed by atoms with van der Waals surface area (Å²) in [6.45, 7) is 5.46. The van der Waals surface area contributed by atoms with Crippen LogP contribution in [-0.2, 0) is 4.79 Å². The summed E-state index contributed by atoms with van der Waals surface area (Å²) in [5.74, 6) is -1.96. The standard InChI is InChI=1S/C13H18F2N2O/c1-4-9(3)16-7-11(18)17-13-10(14)6-5-8(2)12(13)15/h5-6,9,16H,4,7H2,1-3H3,(H,17,18). The Kier molecular flexibility index (Phi) is 5.22. The smallest absolute Gasteiger partial charge is 0.238 e. The fourth-order valence-corrected chi connectivity index (χ4v) is 1.37. The minimum Gasteiger partial charge on any atom is -0.320 e. The predicted octanol–water partition coefficient (Wildman–Crippen LogP) is 2.60. The van der Waals surface area contributed by atoms with Gasteiger partial charge >= 0.3 is 0 Å². The summed E-state index contributed by atoms with van der Waals surface area (Å²) in [5.41, 5.74) is -0.0902. The van der Waals surface area contributed by atoms with Gasteiger partial charge in [0.05, 0.1) is 6.54 Å². The summed E-state index contributed by atoms with van der Waals surface area (Å²) < 4.78 is 27.0. The molecule has 1 amide bonds. The molecule has 3 nitrogen and oxygen atoms in total. The second kappa shape index (κ2) is 6.44. The number of rotatable bonds is 5. The SMILES string of the molecule is CCC(C)NCC(=O)Nc1c(F)ccc(C)c1F. The first-order valence-electron chi connectivity index (χ1n) is 5.93. The molecular formula is C13H18F2N2O. The maximum atomic E-state index is 13.6. The van der Waals surface area contributed by atoms with Crippen LogP contribution in [0.3, 0.4) is 0 Å². The highest BCUT2D eigenvalue weighted by molar-refractivity contribution is 5.92. The van der Waals surface area contributed by atoms with E-state index >= 15 is 0 Å². The lowest BCUT2D eigenvalue weighted by molar-refractivity contribution is -0.115. The van der Waals surface area contributed by atoms with Crippen molar-refractivity contribution in [3.8, 4) is 0 Å². The molecule has 0 heterocycles. The number of anilines is 1. The van der Waals surface area contributed by atoms with Gasteiger partial charge in [-0.05, 0) is 31.9 Å². The average Bonchev–Trinajstić information content (AvgIpc) is 2.36. The summed E-state index contributed by atoms with van der Waals surface area (Å²) >= 11 is 0. The largest absolute Gasteiger partial charge is 0.320 e. The lowest BCUT2D eigenvalue weighted by Gasteiger charge is -2.12. The first-order chi connectivity index (χ1) is 8.45. The van der Waals surface area contributed by atoms with Crippen LogP contribution in [0.2, 0.25) is 0 Å². The van der Waals surface area contributed by atoms with Crippen molar-refractivity contribution < 1.29 is 13.6 Å². The van der Waals surface area contributed by atoms with Crippen molar-refractivity contribution in [1.82, 2.24) is 5.32 Å². The van der Waals surface area contributed by atoms with Gasteiger partial charge in [0, 0.05) is 6.04 Å². The Bertz CT molecular complexity index is 435. The lowest BCUT2D eigenvalue weighted by atomic mass is 10.2. The highest BCUT2D eigenvalue weighted by Gasteiger charge is 2.14. The van der Waals surface area contributed by atoms with Crippen molar-refractivity contribution in [1.29, 1.82) is 0 Å². The number of carbonyl (C=O) groups is 1. The second-order valence-electron chi connectivity index (χ2n) is 4.29. The van der Waals surface area contributed by atoms with Gasteiger partial charge in [0.25, 0.3) is 0 Å². The zero-order valence-electron chi connectivity index (χ0n) is 10.8. The molecule has 1 unspecified atom stereocenters. The number of amides is 1. The van der Waals surface area contributed by atoms with Crippen LogP contribution in [0.1, 0.15) is 25.8 Å². The zero-order valence-corrected chi connectivity index (χ0v) is 10.8. The zero-order chi connectivity index (χ0) is 13.7. The molecule has 0 aliphatic heterocycles. The summed E-state index contributed by atoms with van der Waals surface area (Å²) in [6, 6.07) is 2.65. The highest BCUT2D eigenvalue weighted by Crippen LogP contribution is 2.21. The molecule has 1 aromatic rings. The minimum absolute atomic E-state index is 0.0296. The molecule has 0 bridgehead atoms. The number of benzene rings is 1. The molecule has 18 heavy (non-hydrogen) atoms. The van der Waals surface area contributed by atoms with E-state index in [4.69, 9.17) is 0 Å². The summed E-state index contributed by atoms with van der Waals surface area (Å²) in [7, 11) is 0. The van der Waals surface area contributed by atoms with Crippen molar-refractivity contribution in [2.24, 2.45) is 0 Å². The van der Waals surface area contributed by atoms with E-state index in [1.165, 1.54) is 13.0 Å². The molecule has 1 aromatic carbocycles. The summed E-state index contributed by atoms with van der Waals surface area (Å²) in [4.78, 5) is 11.5. The van der Waals surface area contributed by atoms with Crippen molar-refractivity contribution in [3.05, 3.63) is 29.3 Å². The maximum absolute atomic E-state index is 13.6. The van der Waals surface area contributed by atoms with Gasteiger partial charge < -0.3 is 10.6 Å². The molecule has 0 spiro atoms. The van der Waals surface area contributed by atoms with E-state index in [0.29, 0.717) is 5.56 Å². The quantitative estimate of drug-likeness (QED) is 0.850. The van der Waals surface area contributed by atoms with Gasteiger partial charge in [0.15, 0.2) is 5.82 Å². The molecule has 5 heteroatoms. The van der Waals surface area contributed by atoms with E-state index < -0.39 is 17.5 Å². The lowest BCUT2D eigenvalue weighted by Crippen LogP contribution is -2.34. The Morgan fingerprint density at radius 3 is 2.67 bits per heavy atom. The molecule has 100 valence electrons. The topological polar surface area (TPSA) is 41.1 Å². The number of aryl methyl sites for hydroxylation is 1. The van der Waals surface area contributed by atoms with Crippen molar-refractivity contribution >= 4 is 11.6 Å². The molecular weight excluding hydrogens is 238 g/mol. The van der Waals surface area contributed by atoms with Crippen LogP contribution in [0.5, 0.6) is 0 Å². The van der Waals surface area contributed by atoms with E-state index in [-0.39, 0.29) is 18.3 Å². The molecule has 1 rings (SSSR count). The van der Waals surface area contributed by atoms with Gasteiger partial charge in [-0.25, -0.2) is 8.78 Å².